The first-order valence-corrected chi connectivity index (χ1v) is 8.43. The zero-order valence-corrected chi connectivity index (χ0v) is 12.6. The topological polar surface area (TPSA) is 60.8 Å². The highest BCUT2D eigenvalue weighted by Crippen LogP contribution is 2.54. The molecule has 0 aromatic heterocycles. The average molecular weight is 291 g/mol. The standard InChI is InChI=1S/C17H25NO3/c1-18-7-6-9-8-12(19)17(21)14-10-4-2-3-5-11(10)16(20)15(18)13(9)14/h8-11,13-16,19-20H,2-7H2,1H3. The summed E-state index contributed by atoms with van der Waals surface area (Å²) < 4.78 is 0. The van der Waals surface area contributed by atoms with E-state index in [9.17, 15) is 15.0 Å². The second kappa shape index (κ2) is 4.82. The van der Waals surface area contributed by atoms with Gasteiger partial charge in [0.05, 0.1) is 6.10 Å². The Hall–Kier alpha value is -0.870. The highest BCUT2D eigenvalue weighted by molar-refractivity contribution is 5.96. The number of aliphatic hydroxyl groups is 2. The number of likely N-dealkylation sites (tertiary alicyclic amines) is 1. The number of aliphatic hydroxyl groups excluding tert-OH is 2. The Kier molecular flexibility index (Phi) is 3.16. The molecule has 0 aromatic rings. The van der Waals surface area contributed by atoms with Gasteiger partial charge in [-0.25, -0.2) is 0 Å². The van der Waals surface area contributed by atoms with Crippen molar-refractivity contribution in [2.24, 2.45) is 29.6 Å². The third-order valence-corrected chi connectivity index (χ3v) is 6.68. The fourth-order valence-electron chi connectivity index (χ4n) is 5.82. The minimum atomic E-state index is -0.314. The van der Waals surface area contributed by atoms with Crippen LogP contribution in [0.1, 0.15) is 32.1 Å². The van der Waals surface area contributed by atoms with Crippen LogP contribution in [0.5, 0.6) is 0 Å². The minimum Gasteiger partial charge on any atom is -0.505 e. The normalized spacial score (nSPS) is 50.1. The van der Waals surface area contributed by atoms with Gasteiger partial charge in [-0.2, -0.15) is 0 Å². The summed E-state index contributed by atoms with van der Waals surface area (Å²) in [4.78, 5) is 14.9. The second-order valence-electron chi connectivity index (χ2n) is 7.55. The third-order valence-electron chi connectivity index (χ3n) is 6.68. The van der Waals surface area contributed by atoms with Crippen LogP contribution in [0, 0.1) is 29.6 Å². The van der Waals surface area contributed by atoms with E-state index in [2.05, 4.69) is 11.9 Å². The number of hydrogen-bond acceptors (Lipinski definition) is 4. The second-order valence-corrected chi connectivity index (χ2v) is 7.55. The number of nitrogens with zero attached hydrogens (tertiary/aromatic N) is 1. The summed E-state index contributed by atoms with van der Waals surface area (Å²) in [6, 6.07) is 0.0846. The molecule has 116 valence electrons. The molecular formula is C17H25NO3. The van der Waals surface area contributed by atoms with Crippen molar-refractivity contribution < 1.29 is 15.0 Å². The van der Waals surface area contributed by atoms with Crippen LogP contribution in [0.15, 0.2) is 11.8 Å². The lowest BCUT2D eigenvalue weighted by Crippen LogP contribution is -2.65. The molecule has 0 amide bonds. The molecule has 1 aliphatic heterocycles. The molecule has 4 aliphatic rings. The van der Waals surface area contributed by atoms with E-state index in [0.717, 1.165) is 38.6 Å². The van der Waals surface area contributed by atoms with Crippen LogP contribution >= 0.6 is 0 Å². The molecular weight excluding hydrogens is 266 g/mol. The monoisotopic (exact) mass is 291 g/mol. The largest absolute Gasteiger partial charge is 0.505 e. The fraction of sp³-hybridized carbons (Fsp3) is 0.824. The van der Waals surface area contributed by atoms with Crippen molar-refractivity contribution in [2.75, 3.05) is 13.6 Å². The van der Waals surface area contributed by atoms with E-state index in [1.807, 2.05) is 0 Å². The summed E-state index contributed by atoms with van der Waals surface area (Å²) in [6.07, 6.45) is 6.82. The molecule has 0 aromatic carbocycles. The quantitative estimate of drug-likeness (QED) is 0.714. The van der Waals surface area contributed by atoms with Crippen LogP contribution in [0.4, 0.5) is 0 Å². The van der Waals surface area contributed by atoms with Crippen molar-refractivity contribution in [3.8, 4) is 0 Å². The Labute approximate surface area is 125 Å². The fourth-order valence-corrected chi connectivity index (χ4v) is 5.82. The number of Topliss-reactive ketones (excluding diaryl/α,β-unsaturated/α-hetero) is 1. The Balaban J connectivity index is 1.80. The summed E-state index contributed by atoms with van der Waals surface area (Å²) in [6.45, 7) is 0.935. The molecule has 7 atom stereocenters. The van der Waals surface area contributed by atoms with Gasteiger partial charge in [0, 0.05) is 12.0 Å². The Morgan fingerprint density at radius 3 is 2.67 bits per heavy atom. The predicted molar refractivity (Wildman–Crippen MR) is 78.7 cm³/mol. The van der Waals surface area contributed by atoms with Gasteiger partial charge in [0.2, 0.25) is 0 Å². The summed E-state index contributed by atoms with van der Waals surface area (Å²) in [5, 5.41) is 21.0. The Morgan fingerprint density at radius 2 is 1.90 bits per heavy atom. The van der Waals surface area contributed by atoms with E-state index < -0.39 is 0 Å². The number of carbonyl (C=O) groups excluding carboxylic acids is 1. The molecule has 3 fully saturated rings. The number of rotatable bonds is 0. The van der Waals surface area contributed by atoms with Gasteiger partial charge in [0.15, 0.2) is 11.5 Å². The molecule has 0 bridgehead atoms. The van der Waals surface area contributed by atoms with E-state index in [-0.39, 0.29) is 53.3 Å². The van der Waals surface area contributed by atoms with Gasteiger partial charge in [0.1, 0.15) is 0 Å². The smallest absolute Gasteiger partial charge is 0.200 e. The van der Waals surface area contributed by atoms with E-state index >= 15 is 0 Å². The maximum Gasteiger partial charge on any atom is 0.200 e. The molecule has 0 radical (unpaired) electrons. The van der Waals surface area contributed by atoms with Gasteiger partial charge in [0.25, 0.3) is 0 Å². The van der Waals surface area contributed by atoms with Crippen molar-refractivity contribution >= 4 is 5.78 Å². The molecule has 3 aliphatic carbocycles. The number of carbonyl (C=O) groups is 1. The summed E-state index contributed by atoms with van der Waals surface area (Å²) in [7, 11) is 2.08. The molecule has 2 saturated carbocycles. The van der Waals surface area contributed by atoms with Crippen molar-refractivity contribution in [3.05, 3.63) is 11.8 Å². The molecule has 0 spiro atoms. The maximum atomic E-state index is 12.6. The zero-order valence-electron chi connectivity index (χ0n) is 12.6. The first kappa shape index (κ1) is 13.8. The Morgan fingerprint density at radius 1 is 1.19 bits per heavy atom. The van der Waals surface area contributed by atoms with Crippen molar-refractivity contribution in [3.63, 3.8) is 0 Å². The van der Waals surface area contributed by atoms with E-state index in [1.165, 1.54) is 0 Å². The lowest BCUT2D eigenvalue weighted by Gasteiger charge is -2.58. The van der Waals surface area contributed by atoms with Crippen LogP contribution in [-0.4, -0.2) is 46.6 Å². The molecule has 4 rings (SSSR count). The van der Waals surface area contributed by atoms with Crippen molar-refractivity contribution in [2.45, 2.75) is 44.2 Å². The number of piperidine rings is 1. The predicted octanol–water partition coefficient (Wildman–Crippen LogP) is 1.74. The van der Waals surface area contributed by atoms with Gasteiger partial charge in [-0.05, 0) is 62.6 Å². The van der Waals surface area contributed by atoms with Gasteiger partial charge in [-0.15, -0.1) is 0 Å². The number of allylic oxidation sites excluding steroid dienone is 2. The van der Waals surface area contributed by atoms with E-state index in [4.69, 9.17) is 0 Å². The summed E-state index contributed by atoms with van der Waals surface area (Å²) >= 11 is 0. The minimum absolute atomic E-state index is 0.00901. The van der Waals surface area contributed by atoms with Crippen LogP contribution in [0.3, 0.4) is 0 Å². The van der Waals surface area contributed by atoms with E-state index in [0.29, 0.717) is 0 Å². The van der Waals surface area contributed by atoms with Gasteiger partial charge >= 0.3 is 0 Å². The van der Waals surface area contributed by atoms with Gasteiger partial charge < -0.3 is 15.1 Å². The molecule has 4 nitrogen and oxygen atoms in total. The molecule has 1 saturated heterocycles. The number of ketones is 1. The van der Waals surface area contributed by atoms with Crippen molar-refractivity contribution in [1.82, 2.24) is 4.90 Å². The van der Waals surface area contributed by atoms with Crippen LogP contribution < -0.4 is 0 Å². The van der Waals surface area contributed by atoms with Gasteiger partial charge in [-0.3, -0.25) is 4.79 Å². The third kappa shape index (κ3) is 1.85. The SMILES string of the molecule is CN1CCC2C=C(O)C(=O)C3C4CCCCC4C(O)C1C23. The first-order chi connectivity index (χ1) is 10.1. The average Bonchev–Trinajstić information content (AvgIpc) is 2.49. The molecule has 4 heteroatoms. The van der Waals surface area contributed by atoms with Crippen molar-refractivity contribution in [1.29, 1.82) is 0 Å². The van der Waals surface area contributed by atoms with Crippen LogP contribution in [0.25, 0.3) is 0 Å². The highest BCUT2D eigenvalue weighted by Gasteiger charge is 2.58. The highest BCUT2D eigenvalue weighted by atomic mass is 16.3. The molecule has 1 heterocycles. The molecule has 21 heavy (non-hydrogen) atoms. The first-order valence-electron chi connectivity index (χ1n) is 8.43. The number of likely N-dealkylation sites (N-methyl/N-ethyl adjacent to an activating group) is 1. The molecule has 2 N–H and O–H groups in total. The zero-order chi connectivity index (χ0) is 14.7. The molecule has 7 unspecified atom stereocenters. The number of fused-ring (bicyclic) bond motifs is 2. The van der Waals surface area contributed by atoms with Crippen LogP contribution in [0.2, 0.25) is 0 Å². The lowest BCUT2D eigenvalue weighted by atomic mass is 9.52. The summed E-state index contributed by atoms with van der Waals surface area (Å²) in [5.41, 5.74) is 0. The van der Waals surface area contributed by atoms with E-state index in [1.54, 1.807) is 6.08 Å². The number of hydrogen-bond donors (Lipinski definition) is 2. The van der Waals surface area contributed by atoms with Gasteiger partial charge in [-0.1, -0.05) is 12.8 Å². The van der Waals surface area contributed by atoms with Crippen LogP contribution in [-0.2, 0) is 4.79 Å². The summed E-state index contributed by atoms with van der Waals surface area (Å²) in [5.74, 6) is 0.827. The Bertz CT molecular complexity index is 488. The lowest BCUT2D eigenvalue weighted by molar-refractivity contribution is -0.158. The maximum absolute atomic E-state index is 12.6.